The van der Waals surface area contributed by atoms with Gasteiger partial charge in [-0.15, -0.1) is 0 Å². The van der Waals surface area contributed by atoms with E-state index in [0.717, 1.165) is 0 Å². The summed E-state index contributed by atoms with van der Waals surface area (Å²) in [5, 5.41) is 2.62. The van der Waals surface area contributed by atoms with Crippen LogP contribution in [0.2, 0.25) is 0 Å². The minimum Gasteiger partial charge on any atom is -0.469 e. The van der Waals surface area contributed by atoms with Crippen molar-refractivity contribution in [3.8, 4) is 0 Å². The number of hydrogen-bond donors (Lipinski definition) is 2. The smallest absolute Gasteiger partial charge is 0.261 e. The average molecular weight is 352 g/mol. The van der Waals surface area contributed by atoms with Crippen LogP contribution in [0.1, 0.15) is 50.3 Å². The number of ketones is 1. The van der Waals surface area contributed by atoms with Crippen molar-refractivity contribution >= 4 is 11.7 Å². The first-order chi connectivity index (χ1) is 12.6. The van der Waals surface area contributed by atoms with Crippen LogP contribution in [0.15, 0.2) is 56.5 Å². The van der Waals surface area contributed by atoms with Crippen LogP contribution in [0.3, 0.4) is 0 Å². The summed E-state index contributed by atoms with van der Waals surface area (Å²) in [6, 6.07) is 8.39. The van der Waals surface area contributed by atoms with E-state index < -0.39 is 11.5 Å². The van der Waals surface area contributed by atoms with Gasteiger partial charge < -0.3 is 19.1 Å². The lowest BCUT2D eigenvalue weighted by molar-refractivity contribution is 0.0946. The summed E-state index contributed by atoms with van der Waals surface area (Å²) in [6.45, 7) is 0.164. The molecule has 3 aromatic rings. The standard InChI is InChI=1S/C19H16N2O5/c22-16-8-11(17-4-2-6-26-17)7-15-13(16)9-14(19(24)21-15)18(23)20-10-12-3-1-5-25-12/h1-6,9,11H,7-8,10H2,(H,20,23)(H,21,24)/t11-/m1/s1. The summed E-state index contributed by atoms with van der Waals surface area (Å²) in [4.78, 5) is 39.8. The molecule has 0 unspecified atom stereocenters. The third-order valence-corrected chi connectivity index (χ3v) is 4.50. The maximum absolute atomic E-state index is 12.5. The normalized spacial score (nSPS) is 16.3. The Balaban J connectivity index is 1.58. The Labute approximate surface area is 148 Å². The number of Topliss-reactive ketones (excluding diaryl/α,β-unsaturated/α-hetero) is 1. The van der Waals surface area contributed by atoms with Crippen LogP contribution >= 0.6 is 0 Å². The molecule has 7 nitrogen and oxygen atoms in total. The van der Waals surface area contributed by atoms with Crippen molar-refractivity contribution in [1.82, 2.24) is 10.3 Å². The quantitative estimate of drug-likeness (QED) is 0.750. The van der Waals surface area contributed by atoms with Gasteiger partial charge in [0, 0.05) is 23.6 Å². The second-order valence-corrected chi connectivity index (χ2v) is 6.21. The number of nitrogens with one attached hydrogen (secondary N) is 2. The number of hydrogen-bond acceptors (Lipinski definition) is 5. The topological polar surface area (TPSA) is 105 Å². The highest BCUT2D eigenvalue weighted by Crippen LogP contribution is 2.31. The molecule has 1 aliphatic rings. The van der Waals surface area contributed by atoms with Gasteiger partial charge in [-0.3, -0.25) is 14.4 Å². The van der Waals surface area contributed by atoms with Crippen LogP contribution in [0.25, 0.3) is 0 Å². The highest BCUT2D eigenvalue weighted by atomic mass is 16.3. The molecule has 1 aliphatic carbocycles. The number of carbonyl (C=O) groups is 2. The zero-order valence-corrected chi connectivity index (χ0v) is 13.8. The van der Waals surface area contributed by atoms with Crippen LogP contribution in [0.4, 0.5) is 0 Å². The van der Waals surface area contributed by atoms with Gasteiger partial charge in [-0.05, 0) is 36.8 Å². The number of rotatable bonds is 4. The summed E-state index contributed by atoms with van der Waals surface area (Å²) in [6.07, 6.45) is 3.82. The first-order valence-electron chi connectivity index (χ1n) is 8.25. The largest absolute Gasteiger partial charge is 0.469 e. The number of aromatic nitrogens is 1. The molecule has 3 heterocycles. The Hall–Kier alpha value is -3.35. The van der Waals surface area contributed by atoms with Crippen LogP contribution < -0.4 is 10.9 Å². The minimum atomic E-state index is -0.550. The number of H-pyrrole nitrogens is 1. The van der Waals surface area contributed by atoms with E-state index in [1.807, 2.05) is 6.07 Å². The maximum Gasteiger partial charge on any atom is 0.261 e. The van der Waals surface area contributed by atoms with Crippen molar-refractivity contribution in [3.05, 3.63) is 81.6 Å². The molecule has 7 heteroatoms. The molecule has 1 amide bonds. The number of fused-ring (bicyclic) bond motifs is 1. The van der Waals surface area contributed by atoms with Crippen LogP contribution in [-0.4, -0.2) is 16.7 Å². The number of carbonyl (C=O) groups excluding carboxylic acids is 2. The number of aromatic amines is 1. The van der Waals surface area contributed by atoms with Gasteiger partial charge in [-0.25, -0.2) is 0 Å². The zero-order valence-electron chi connectivity index (χ0n) is 13.8. The van der Waals surface area contributed by atoms with Gasteiger partial charge in [-0.1, -0.05) is 0 Å². The molecule has 4 rings (SSSR count). The van der Waals surface area contributed by atoms with Crippen LogP contribution in [-0.2, 0) is 13.0 Å². The predicted octanol–water partition coefficient (Wildman–Crippen LogP) is 2.40. The Kier molecular flexibility index (Phi) is 4.04. The molecule has 0 spiro atoms. The summed E-state index contributed by atoms with van der Waals surface area (Å²) >= 11 is 0. The lowest BCUT2D eigenvalue weighted by Gasteiger charge is -2.22. The number of amides is 1. The Bertz CT molecular complexity index is 999. The van der Waals surface area contributed by atoms with E-state index in [0.29, 0.717) is 29.2 Å². The van der Waals surface area contributed by atoms with Gasteiger partial charge >= 0.3 is 0 Å². The van der Waals surface area contributed by atoms with Gasteiger partial charge in [0.2, 0.25) is 0 Å². The summed E-state index contributed by atoms with van der Waals surface area (Å²) in [7, 11) is 0. The van der Waals surface area contributed by atoms with Crippen molar-refractivity contribution in [2.45, 2.75) is 25.3 Å². The molecule has 0 aromatic carbocycles. The fourth-order valence-electron chi connectivity index (χ4n) is 3.20. The second kappa shape index (κ2) is 6.51. The van der Waals surface area contributed by atoms with E-state index in [2.05, 4.69) is 10.3 Å². The average Bonchev–Trinajstić information content (AvgIpc) is 3.32. The third kappa shape index (κ3) is 2.99. The Morgan fingerprint density at radius 1 is 1.15 bits per heavy atom. The van der Waals surface area contributed by atoms with E-state index in [-0.39, 0.29) is 30.2 Å². The van der Waals surface area contributed by atoms with Gasteiger partial charge in [-0.2, -0.15) is 0 Å². The van der Waals surface area contributed by atoms with E-state index in [9.17, 15) is 14.4 Å². The number of furan rings is 2. The first-order valence-corrected chi connectivity index (χ1v) is 8.25. The fraction of sp³-hybridized carbons (Fsp3) is 0.211. The molecule has 0 saturated carbocycles. The first kappa shape index (κ1) is 16.1. The molecular weight excluding hydrogens is 336 g/mol. The van der Waals surface area contributed by atoms with E-state index in [1.165, 1.54) is 12.3 Å². The molecule has 0 radical (unpaired) electrons. The molecular formula is C19H16N2O5. The van der Waals surface area contributed by atoms with Crippen molar-refractivity contribution < 1.29 is 18.4 Å². The Morgan fingerprint density at radius 3 is 2.69 bits per heavy atom. The van der Waals surface area contributed by atoms with E-state index in [4.69, 9.17) is 8.83 Å². The van der Waals surface area contributed by atoms with Gasteiger partial charge in [0.25, 0.3) is 11.5 Å². The summed E-state index contributed by atoms with van der Waals surface area (Å²) in [5.74, 6) is 0.505. The molecule has 0 fully saturated rings. The molecule has 26 heavy (non-hydrogen) atoms. The molecule has 1 atom stereocenters. The van der Waals surface area contributed by atoms with Crippen molar-refractivity contribution in [2.24, 2.45) is 0 Å². The summed E-state index contributed by atoms with van der Waals surface area (Å²) < 4.78 is 10.5. The lowest BCUT2D eigenvalue weighted by Crippen LogP contribution is -2.32. The molecule has 2 N–H and O–H groups in total. The fourth-order valence-corrected chi connectivity index (χ4v) is 3.20. The van der Waals surface area contributed by atoms with Crippen molar-refractivity contribution in [2.75, 3.05) is 0 Å². The highest BCUT2D eigenvalue weighted by Gasteiger charge is 2.30. The summed E-state index contributed by atoms with van der Waals surface area (Å²) in [5.41, 5.74) is 0.319. The minimum absolute atomic E-state index is 0.0832. The van der Waals surface area contributed by atoms with Crippen LogP contribution in [0.5, 0.6) is 0 Å². The predicted molar refractivity (Wildman–Crippen MR) is 91.0 cm³/mol. The van der Waals surface area contributed by atoms with Gasteiger partial charge in [0.05, 0.1) is 19.1 Å². The molecule has 0 saturated heterocycles. The lowest BCUT2D eigenvalue weighted by atomic mass is 9.84. The van der Waals surface area contributed by atoms with Crippen molar-refractivity contribution in [3.63, 3.8) is 0 Å². The van der Waals surface area contributed by atoms with Gasteiger partial charge in [0.15, 0.2) is 5.78 Å². The van der Waals surface area contributed by atoms with Gasteiger partial charge in [0.1, 0.15) is 17.1 Å². The van der Waals surface area contributed by atoms with Crippen LogP contribution in [0, 0.1) is 0 Å². The third-order valence-electron chi connectivity index (χ3n) is 4.50. The highest BCUT2D eigenvalue weighted by molar-refractivity contribution is 6.02. The maximum atomic E-state index is 12.5. The molecule has 3 aromatic heterocycles. The Morgan fingerprint density at radius 2 is 1.96 bits per heavy atom. The van der Waals surface area contributed by atoms with Crippen molar-refractivity contribution in [1.29, 1.82) is 0 Å². The second-order valence-electron chi connectivity index (χ2n) is 6.21. The van der Waals surface area contributed by atoms with E-state index >= 15 is 0 Å². The van der Waals surface area contributed by atoms with E-state index in [1.54, 1.807) is 24.5 Å². The zero-order chi connectivity index (χ0) is 18.1. The molecule has 132 valence electrons. The molecule has 0 bridgehead atoms. The number of pyridine rings is 1. The monoisotopic (exact) mass is 352 g/mol. The molecule has 0 aliphatic heterocycles. The SMILES string of the molecule is O=C1C[C@H](c2ccco2)Cc2[nH]c(=O)c(C(=O)NCc3ccco3)cc21.